The molecular formula is C53H34IrN3O-. The van der Waals surface area contributed by atoms with E-state index in [0.717, 1.165) is 56.4 Å². The van der Waals surface area contributed by atoms with E-state index in [1.165, 1.54) is 43.6 Å². The van der Waals surface area contributed by atoms with Gasteiger partial charge in [-0.05, 0) is 101 Å². The third kappa shape index (κ3) is 6.18. The summed E-state index contributed by atoms with van der Waals surface area (Å²) in [5.41, 5.74) is 13.1. The van der Waals surface area contributed by atoms with Crippen molar-refractivity contribution in [1.29, 1.82) is 0 Å². The van der Waals surface area contributed by atoms with Crippen LogP contribution in [0.5, 0.6) is 11.5 Å². The van der Waals surface area contributed by atoms with Crippen LogP contribution in [0.1, 0.15) is 0 Å². The zero-order valence-corrected chi connectivity index (χ0v) is 33.6. The summed E-state index contributed by atoms with van der Waals surface area (Å²) >= 11 is 0. The van der Waals surface area contributed by atoms with E-state index in [2.05, 4.69) is 184 Å². The SMILES string of the molecule is [Ir].[c-]1ccc(Oc2cc(-c3ccc(-n4c5ccccc5c5ccccc54)cc3)cc(-c3ccc(-n4c5ccccc5c5ccccc54)cc3)c2)cc1-c1ccccn1. The number of hydrogen-bond acceptors (Lipinski definition) is 2. The fourth-order valence-corrected chi connectivity index (χ4v) is 8.31. The number of fused-ring (bicyclic) bond motifs is 6. The van der Waals surface area contributed by atoms with Gasteiger partial charge in [-0.2, -0.15) is 0 Å². The Morgan fingerprint density at radius 1 is 0.397 bits per heavy atom. The van der Waals surface area contributed by atoms with Crippen molar-refractivity contribution >= 4 is 43.6 Å². The molecule has 0 saturated carbocycles. The first-order chi connectivity index (χ1) is 28.2. The molecule has 0 unspecified atom stereocenters. The van der Waals surface area contributed by atoms with Gasteiger partial charge < -0.3 is 18.9 Å². The Morgan fingerprint density at radius 3 is 1.29 bits per heavy atom. The molecule has 0 saturated heterocycles. The molecule has 0 aliphatic carbocycles. The number of nitrogens with zero attached hydrogens (tertiary/aromatic N) is 3. The molecule has 277 valence electrons. The smallest absolute Gasteiger partial charge is 0.126 e. The molecule has 0 atom stereocenters. The minimum Gasteiger partial charge on any atom is -0.477 e. The summed E-state index contributed by atoms with van der Waals surface area (Å²) in [5, 5.41) is 5.00. The molecule has 11 aromatic rings. The van der Waals surface area contributed by atoms with E-state index in [-0.39, 0.29) is 20.1 Å². The molecule has 1 radical (unpaired) electrons. The van der Waals surface area contributed by atoms with Gasteiger partial charge >= 0.3 is 0 Å². The summed E-state index contributed by atoms with van der Waals surface area (Å²) in [6.07, 6.45) is 1.80. The van der Waals surface area contributed by atoms with Gasteiger partial charge in [-0.15, -0.1) is 29.8 Å². The Labute approximate surface area is 349 Å². The van der Waals surface area contributed by atoms with Crippen molar-refractivity contribution in [3.8, 4) is 56.4 Å². The molecule has 0 fully saturated rings. The first kappa shape index (κ1) is 35.4. The van der Waals surface area contributed by atoms with Crippen LogP contribution in [0, 0.1) is 6.07 Å². The Hall–Kier alpha value is -7.04. The van der Waals surface area contributed by atoms with Gasteiger partial charge in [0.15, 0.2) is 0 Å². The maximum absolute atomic E-state index is 6.67. The summed E-state index contributed by atoms with van der Waals surface area (Å²) < 4.78 is 11.4. The van der Waals surface area contributed by atoms with Crippen LogP contribution in [0.2, 0.25) is 0 Å². The molecule has 3 heterocycles. The van der Waals surface area contributed by atoms with Crippen molar-refractivity contribution < 1.29 is 24.8 Å². The van der Waals surface area contributed by atoms with Gasteiger partial charge in [0.2, 0.25) is 0 Å². The number of benzene rings is 8. The third-order valence-corrected chi connectivity index (χ3v) is 10.9. The average molecular weight is 921 g/mol. The Morgan fingerprint density at radius 2 is 0.845 bits per heavy atom. The van der Waals surface area contributed by atoms with Gasteiger partial charge in [-0.25, -0.2) is 0 Å². The second-order valence-corrected chi connectivity index (χ2v) is 14.3. The molecule has 0 bridgehead atoms. The van der Waals surface area contributed by atoms with Crippen molar-refractivity contribution in [2.75, 3.05) is 0 Å². The van der Waals surface area contributed by atoms with Gasteiger partial charge in [-0.1, -0.05) is 109 Å². The van der Waals surface area contributed by atoms with Crippen molar-refractivity contribution in [1.82, 2.24) is 14.1 Å². The predicted molar refractivity (Wildman–Crippen MR) is 235 cm³/mol. The number of pyridine rings is 1. The van der Waals surface area contributed by atoms with Gasteiger partial charge in [0.05, 0.1) is 22.1 Å². The second-order valence-electron chi connectivity index (χ2n) is 14.3. The topological polar surface area (TPSA) is 32.0 Å². The first-order valence-electron chi connectivity index (χ1n) is 19.2. The summed E-state index contributed by atoms with van der Waals surface area (Å²) in [4.78, 5) is 4.53. The molecule has 58 heavy (non-hydrogen) atoms. The van der Waals surface area contributed by atoms with Crippen LogP contribution in [0.4, 0.5) is 0 Å². The summed E-state index contributed by atoms with van der Waals surface area (Å²) in [5.74, 6) is 1.47. The maximum atomic E-state index is 6.67. The number of para-hydroxylation sites is 4. The standard InChI is InChI=1S/C53H34N3O.Ir/c1-5-19-50-45(14-1)46-15-2-6-20-51(46)55(50)41-27-23-36(24-28-41)39-32-40(35-44(34-39)57-43-13-11-12-38(33-43)49-18-9-10-31-54-49)37-25-29-42(30-26-37)56-52-21-7-3-16-47(52)48-17-4-8-22-53(48)56;/h1-11,13-35H;/q-1;. The molecule has 0 aliphatic heterocycles. The van der Waals surface area contributed by atoms with E-state index >= 15 is 0 Å². The Kier molecular flexibility index (Phi) is 9.03. The zero-order chi connectivity index (χ0) is 37.7. The quantitative estimate of drug-likeness (QED) is 0.149. The molecule has 3 aromatic heterocycles. The van der Waals surface area contributed by atoms with E-state index < -0.39 is 0 Å². The fourth-order valence-electron chi connectivity index (χ4n) is 8.31. The Balaban J connectivity index is 0.00000408. The van der Waals surface area contributed by atoms with Crippen LogP contribution < -0.4 is 4.74 Å². The third-order valence-electron chi connectivity index (χ3n) is 10.9. The molecule has 5 heteroatoms. The van der Waals surface area contributed by atoms with Crippen molar-refractivity contribution in [2.45, 2.75) is 0 Å². The molecule has 11 rings (SSSR count). The van der Waals surface area contributed by atoms with E-state index in [1.54, 1.807) is 6.20 Å². The maximum Gasteiger partial charge on any atom is 0.126 e. The number of hydrogen-bond donors (Lipinski definition) is 0. The molecule has 0 amide bonds. The molecule has 8 aromatic carbocycles. The van der Waals surface area contributed by atoms with Gasteiger partial charge in [0.1, 0.15) is 5.75 Å². The molecule has 4 nitrogen and oxygen atoms in total. The van der Waals surface area contributed by atoms with Crippen LogP contribution in [-0.2, 0) is 20.1 Å². The summed E-state index contributed by atoms with van der Waals surface area (Å²) in [6, 6.07) is 73.8. The molecular weight excluding hydrogens is 887 g/mol. The molecule has 0 N–H and O–H groups in total. The van der Waals surface area contributed by atoms with Crippen LogP contribution in [-0.4, -0.2) is 14.1 Å². The van der Waals surface area contributed by atoms with Crippen molar-refractivity contribution in [3.63, 3.8) is 0 Å². The van der Waals surface area contributed by atoms with Crippen LogP contribution in [0.3, 0.4) is 0 Å². The summed E-state index contributed by atoms with van der Waals surface area (Å²) in [6.45, 7) is 0. The number of rotatable bonds is 7. The van der Waals surface area contributed by atoms with E-state index in [4.69, 9.17) is 4.74 Å². The van der Waals surface area contributed by atoms with Crippen LogP contribution >= 0.6 is 0 Å². The average Bonchev–Trinajstić information content (AvgIpc) is 3.80. The van der Waals surface area contributed by atoms with E-state index in [0.29, 0.717) is 0 Å². The predicted octanol–water partition coefficient (Wildman–Crippen LogP) is 13.9. The van der Waals surface area contributed by atoms with E-state index in [1.807, 2.05) is 36.4 Å². The monoisotopic (exact) mass is 921 g/mol. The van der Waals surface area contributed by atoms with Crippen LogP contribution in [0.25, 0.3) is 88.5 Å². The van der Waals surface area contributed by atoms with Crippen molar-refractivity contribution in [3.05, 3.63) is 212 Å². The minimum atomic E-state index is 0. The fraction of sp³-hybridized carbons (Fsp3) is 0. The van der Waals surface area contributed by atoms with Crippen molar-refractivity contribution in [2.24, 2.45) is 0 Å². The minimum absolute atomic E-state index is 0. The normalized spacial score (nSPS) is 11.3. The largest absolute Gasteiger partial charge is 0.477 e. The first-order valence-corrected chi connectivity index (χ1v) is 19.2. The number of ether oxygens (including phenoxy) is 1. The number of aromatic nitrogens is 3. The van der Waals surface area contributed by atoms with Gasteiger partial charge in [0, 0.05) is 65.0 Å². The zero-order valence-electron chi connectivity index (χ0n) is 31.2. The molecule has 0 spiro atoms. The van der Waals surface area contributed by atoms with Gasteiger partial charge in [-0.3, -0.25) is 0 Å². The van der Waals surface area contributed by atoms with Crippen LogP contribution in [0.15, 0.2) is 206 Å². The van der Waals surface area contributed by atoms with Gasteiger partial charge in [0.25, 0.3) is 0 Å². The summed E-state index contributed by atoms with van der Waals surface area (Å²) in [7, 11) is 0. The van der Waals surface area contributed by atoms with E-state index in [9.17, 15) is 0 Å². The second kappa shape index (κ2) is 14.8. The Bertz CT molecular complexity index is 2970. The molecule has 0 aliphatic rings.